The first-order valence-corrected chi connectivity index (χ1v) is 13.7. The molecule has 10 heteroatoms. The molecule has 0 saturated carbocycles. The molecule has 5 heterocycles. The van der Waals surface area contributed by atoms with Crippen molar-refractivity contribution < 1.29 is 4.79 Å². The van der Waals surface area contributed by atoms with Crippen LogP contribution in [0.15, 0.2) is 36.8 Å². The van der Waals surface area contributed by atoms with Gasteiger partial charge in [0, 0.05) is 68.5 Å². The number of nitrogens with zero attached hydrogens (tertiary/aromatic N) is 7. The van der Waals surface area contributed by atoms with E-state index >= 15 is 0 Å². The maximum absolute atomic E-state index is 11.5. The van der Waals surface area contributed by atoms with Crippen molar-refractivity contribution in [3.63, 3.8) is 0 Å². The smallest absolute Gasteiger partial charge is 0.250 e. The number of primary amides is 1. The van der Waals surface area contributed by atoms with E-state index in [1.807, 2.05) is 12.4 Å². The van der Waals surface area contributed by atoms with Crippen molar-refractivity contribution >= 4 is 35.1 Å². The second-order valence-corrected chi connectivity index (χ2v) is 11.0. The summed E-state index contributed by atoms with van der Waals surface area (Å²) < 4.78 is 0. The molecule has 0 radical (unpaired) electrons. The topological polar surface area (TPSA) is 104 Å². The first kappa shape index (κ1) is 26.2. The monoisotopic (exact) mass is 534 g/mol. The fraction of sp³-hybridized carbons (Fsp3) is 0.464. The van der Waals surface area contributed by atoms with E-state index in [2.05, 4.69) is 64.5 Å². The Morgan fingerprint density at radius 1 is 1.03 bits per heavy atom. The molecule has 1 amide bonds. The molecule has 3 aromatic heterocycles. The Bertz CT molecular complexity index is 1330. The average Bonchev–Trinajstić information content (AvgIpc) is 3.34. The van der Waals surface area contributed by atoms with Gasteiger partial charge in [-0.1, -0.05) is 25.4 Å². The molecule has 0 bridgehead atoms. The SMILES string of the molecule is CC(C)c1cncc(-c2cc(N3CCN(c4ncc(C(N)=O)cc4Cl)C[C@H]3C)nc(N3CCC[C@@H]3C)n2)c1. The highest BCUT2D eigenvalue weighted by molar-refractivity contribution is 6.33. The van der Waals surface area contributed by atoms with Crippen LogP contribution in [-0.4, -0.2) is 64.1 Å². The Hall–Kier alpha value is -3.46. The quantitative estimate of drug-likeness (QED) is 0.492. The molecule has 2 fully saturated rings. The summed E-state index contributed by atoms with van der Waals surface area (Å²) in [7, 11) is 0. The number of carbonyl (C=O) groups excluding carboxylic acids is 1. The number of hydrogen-bond acceptors (Lipinski definition) is 8. The first-order valence-electron chi connectivity index (χ1n) is 13.3. The van der Waals surface area contributed by atoms with Gasteiger partial charge in [-0.15, -0.1) is 0 Å². The summed E-state index contributed by atoms with van der Waals surface area (Å²) in [5.41, 5.74) is 8.77. The molecular formula is C28H35ClN8O. The third-order valence-corrected chi connectivity index (χ3v) is 7.84. The number of rotatable bonds is 6. The molecule has 5 rings (SSSR count). The van der Waals surface area contributed by atoms with Crippen molar-refractivity contribution in [1.82, 2.24) is 19.9 Å². The zero-order chi connectivity index (χ0) is 27.0. The van der Waals surface area contributed by atoms with Gasteiger partial charge in [-0.2, -0.15) is 4.98 Å². The summed E-state index contributed by atoms with van der Waals surface area (Å²) in [6.45, 7) is 11.9. The lowest BCUT2D eigenvalue weighted by Crippen LogP contribution is -2.53. The van der Waals surface area contributed by atoms with Gasteiger partial charge in [0.15, 0.2) is 0 Å². The van der Waals surface area contributed by atoms with Crippen molar-refractivity contribution in [3.05, 3.63) is 52.9 Å². The molecule has 0 aliphatic carbocycles. The molecule has 2 saturated heterocycles. The van der Waals surface area contributed by atoms with Gasteiger partial charge in [-0.05, 0) is 50.3 Å². The lowest BCUT2D eigenvalue weighted by Gasteiger charge is -2.41. The van der Waals surface area contributed by atoms with Gasteiger partial charge in [0.25, 0.3) is 0 Å². The van der Waals surface area contributed by atoms with Crippen molar-refractivity contribution in [3.8, 4) is 11.3 Å². The van der Waals surface area contributed by atoms with E-state index < -0.39 is 5.91 Å². The highest BCUT2D eigenvalue weighted by atomic mass is 35.5. The van der Waals surface area contributed by atoms with E-state index in [1.54, 1.807) is 6.07 Å². The van der Waals surface area contributed by atoms with Crippen LogP contribution < -0.4 is 20.4 Å². The number of amides is 1. The van der Waals surface area contributed by atoms with Crippen LogP contribution in [0.5, 0.6) is 0 Å². The molecule has 2 atom stereocenters. The zero-order valence-corrected chi connectivity index (χ0v) is 23.2. The minimum Gasteiger partial charge on any atom is -0.366 e. The van der Waals surface area contributed by atoms with E-state index in [1.165, 1.54) is 11.8 Å². The zero-order valence-electron chi connectivity index (χ0n) is 22.4. The molecule has 0 spiro atoms. The summed E-state index contributed by atoms with van der Waals surface area (Å²) in [5, 5.41) is 0.425. The van der Waals surface area contributed by atoms with Gasteiger partial charge in [0.05, 0.1) is 16.3 Å². The molecule has 200 valence electrons. The number of aromatic nitrogens is 4. The number of halogens is 1. The Labute approximate surface area is 229 Å². The van der Waals surface area contributed by atoms with Crippen LogP contribution in [0.4, 0.5) is 17.6 Å². The largest absolute Gasteiger partial charge is 0.366 e. The number of pyridine rings is 2. The van der Waals surface area contributed by atoms with Crippen LogP contribution in [0.3, 0.4) is 0 Å². The Morgan fingerprint density at radius 3 is 2.50 bits per heavy atom. The minimum absolute atomic E-state index is 0.143. The molecule has 2 aliphatic heterocycles. The second kappa shape index (κ2) is 10.7. The molecular weight excluding hydrogens is 500 g/mol. The van der Waals surface area contributed by atoms with Crippen LogP contribution in [0.2, 0.25) is 5.02 Å². The third kappa shape index (κ3) is 5.25. The van der Waals surface area contributed by atoms with Gasteiger partial charge in [-0.25, -0.2) is 9.97 Å². The van der Waals surface area contributed by atoms with Crippen molar-refractivity contribution in [2.24, 2.45) is 5.73 Å². The summed E-state index contributed by atoms with van der Waals surface area (Å²) in [6.07, 6.45) is 7.59. The number of hydrogen-bond donors (Lipinski definition) is 1. The second-order valence-electron chi connectivity index (χ2n) is 10.6. The number of carbonyl (C=O) groups is 1. The summed E-state index contributed by atoms with van der Waals surface area (Å²) in [4.78, 5) is 37.4. The predicted molar refractivity (Wildman–Crippen MR) is 152 cm³/mol. The van der Waals surface area contributed by atoms with Gasteiger partial charge in [-0.3, -0.25) is 9.78 Å². The standard InChI is InChI=1S/C28H35ClN8O/c1-17(2)20-10-21(14-31-13-20)24-12-25(34-28(33-24)37-7-5-6-18(37)3)36-9-8-35(16-19(36)4)27-23(29)11-22(15-32-27)26(30)38/h10-15,17-19H,5-9,16H2,1-4H3,(H2,30,38)/t18-,19+/m0/s1. The van der Waals surface area contributed by atoms with E-state index in [-0.39, 0.29) is 6.04 Å². The highest BCUT2D eigenvalue weighted by Crippen LogP contribution is 2.32. The summed E-state index contributed by atoms with van der Waals surface area (Å²) in [6, 6.07) is 6.41. The number of anilines is 3. The van der Waals surface area contributed by atoms with Crippen molar-refractivity contribution in [2.45, 2.75) is 58.5 Å². The molecule has 38 heavy (non-hydrogen) atoms. The summed E-state index contributed by atoms with van der Waals surface area (Å²) >= 11 is 6.48. The molecule has 2 aliphatic rings. The molecule has 0 unspecified atom stereocenters. The minimum atomic E-state index is -0.541. The van der Waals surface area contributed by atoms with Crippen LogP contribution in [0.25, 0.3) is 11.3 Å². The molecule has 2 N–H and O–H groups in total. The normalized spacial score (nSPS) is 19.9. The fourth-order valence-corrected chi connectivity index (χ4v) is 5.56. The van der Waals surface area contributed by atoms with E-state index in [0.29, 0.717) is 41.5 Å². The lowest BCUT2D eigenvalue weighted by atomic mass is 10.0. The van der Waals surface area contributed by atoms with Crippen LogP contribution in [-0.2, 0) is 0 Å². The molecule has 9 nitrogen and oxygen atoms in total. The van der Waals surface area contributed by atoms with Crippen LogP contribution in [0.1, 0.15) is 62.4 Å². The lowest BCUT2D eigenvalue weighted by molar-refractivity contribution is 0.1000. The third-order valence-electron chi connectivity index (χ3n) is 7.56. The Morgan fingerprint density at radius 2 is 1.84 bits per heavy atom. The Balaban J connectivity index is 1.46. The van der Waals surface area contributed by atoms with E-state index in [9.17, 15) is 4.79 Å². The maximum Gasteiger partial charge on any atom is 0.250 e. The first-order chi connectivity index (χ1) is 18.2. The molecule has 3 aromatic rings. The van der Waals surface area contributed by atoms with Crippen molar-refractivity contribution in [2.75, 3.05) is 40.9 Å². The van der Waals surface area contributed by atoms with Gasteiger partial charge < -0.3 is 20.4 Å². The van der Waals surface area contributed by atoms with Crippen LogP contribution >= 0.6 is 11.6 Å². The average molecular weight is 535 g/mol. The van der Waals surface area contributed by atoms with Crippen LogP contribution in [0, 0.1) is 0 Å². The molecule has 0 aromatic carbocycles. The fourth-order valence-electron chi connectivity index (χ4n) is 5.28. The van der Waals surface area contributed by atoms with Crippen molar-refractivity contribution in [1.29, 1.82) is 0 Å². The van der Waals surface area contributed by atoms with E-state index in [0.717, 1.165) is 49.0 Å². The van der Waals surface area contributed by atoms with Gasteiger partial charge in [0.1, 0.15) is 11.6 Å². The number of piperazine rings is 1. The van der Waals surface area contributed by atoms with Gasteiger partial charge >= 0.3 is 0 Å². The van der Waals surface area contributed by atoms with Gasteiger partial charge in [0.2, 0.25) is 11.9 Å². The highest BCUT2D eigenvalue weighted by Gasteiger charge is 2.30. The summed E-state index contributed by atoms with van der Waals surface area (Å²) in [5.74, 6) is 2.19. The van der Waals surface area contributed by atoms with E-state index in [4.69, 9.17) is 27.3 Å². The Kier molecular flexibility index (Phi) is 7.38. The number of nitrogens with two attached hydrogens (primary N) is 1. The predicted octanol–water partition coefficient (Wildman–Crippen LogP) is 4.51. The maximum atomic E-state index is 11.5.